The second kappa shape index (κ2) is 8.35. The van der Waals surface area contributed by atoms with Crippen LogP contribution in [-0.4, -0.2) is 28.8 Å². The van der Waals surface area contributed by atoms with Crippen molar-refractivity contribution in [2.45, 2.75) is 44.7 Å². The molecule has 0 radical (unpaired) electrons. The number of anilines is 3. The highest BCUT2D eigenvalue weighted by Crippen LogP contribution is 2.28. The van der Waals surface area contributed by atoms with E-state index in [1.54, 1.807) is 24.3 Å². The topological polar surface area (TPSA) is 123 Å². The number of hydrogen-bond donors (Lipinski definition) is 4. The minimum Gasteiger partial charge on any atom is -0.365 e. The number of rotatable bonds is 6. The maximum atomic E-state index is 14.6. The number of ketones is 1. The maximum Gasteiger partial charge on any atom is 0.252 e. The quantitative estimate of drug-likeness (QED) is 0.567. The molecule has 2 atom stereocenters. The number of benzene rings is 1. The van der Waals surface area contributed by atoms with Crippen molar-refractivity contribution in [2.75, 3.05) is 10.6 Å². The molecule has 1 heterocycles. The Labute approximate surface area is 162 Å². The van der Waals surface area contributed by atoms with Crippen molar-refractivity contribution in [3.63, 3.8) is 0 Å². The molecule has 2 aromatic rings. The van der Waals surface area contributed by atoms with Gasteiger partial charge < -0.3 is 22.1 Å². The van der Waals surface area contributed by atoms with E-state index in [4.69, 9.17) is 11.5 Å². The van der Waals surface area contributed by atoms with E-state index in [1.165, 1.54) is 6.92 Å². The predicted molar refractivity (Wildman–Crippen MR) is 106 cm³/mol. The highest BCUT2D eigenvalue weighted by molar-refractivity contribution is 6.02. The first-order valence-corrected chi connectivity index (χ1v) is 9.26. The summed E-state index contributed by atoms with van der Waals surface area (Å²) in [5.41, 5.74) is 12.3. The standard InChI is InChI=1S/C20H24FN5O2/c1-11(27)12-6-2-4-8-16(12)24-19-13(18(23)28)10-14(21)20(26-19)25-17-9-5-3-7-15(17)22/h2,4,6,8,10,15,17H,3,5,7,9,22H2,1H3,(H2,23,28)(H2,24,25,26)/t15-,17+/m0/s1. The van der Waals surface area contributed by atoms with Crippen molar-refractivity contribution < 1.29 is 14.0 Å². The average molecular weight is 385 g/mol. The molecule has 6 N–H and O–H groups in total. The summed E-state index contributed by atoms with van der Waals surface area (Å²) in [4.78, 5) is 27.9. The maximum absolute atomic E-state index is 14.6. The zero-order valence-electron chi connectivity index (χ0n) is 15.7. The molecule has 0 aliphatic heterocycles. The Balaban J connectivity index is 1.97. The van der Waals surface area contributed by atoms with Gasteiger partial charge in [-0.1, -0.05) is 25.0 Å². The summed E-state index contributed by atoms with van der Waals surface area (Å²) in [6.07, 6.45) is 3.72. The smallest absolute Gasteiger partial charge is 0.252 e. The lowest BCUT2D eigenvalue weighted by molar-refractivity contribution is 0.0997. The Morgan fingerprint density at radius 1 is 1.14 bits per heavy atom. The number of hydrogen-bond acceptors (Lipinski definition) is 6. The van der Waals surface area contributed by atoms with Crippen LogP contribution in [0.25, 0.3) is 0 Å². The number of carbonyl (C=O) groups excluding carboxylic acids is 2. The monoisotopic (exact) mass is 385 g/mol. The number of Topliss-reactive ketones (excluding diaryl/α,β-unsaturated/α-hetero) is 1. The molecule has 1 saturated carbocycles. The molecular formula is C20H24FN5O2. The highest BCUT2D eigenvalue weighted by Gasteiger charge is 2.24. The van der Waals surface area contributed by atoms with Gasteiger partial charge in [0.25, 0.3) is 5.91 Å². The SMILES string of the molecule is CC(=O)c1ccccc1Nc1nc(N[C@@H]2CCCC[C@@H]2N)c(F)cc1C(N)=O. The van der Waals surface area contributed by atoms with Crippen LogP contribution in [0.1, 0.15) is 53.3 Å². The minimum absolute atomic E-state index is 0.00449. The van der Waals surface area contributed by atoms with E-state index in [1.807, 2.05) is 0 Å². The summed E-state index contributed by atoms with van der Waals surface area (Å²) < 4.78 is 14.6. The number of pyridine rings is 1. The molecular weight excluding hydrogens is 361 g/mol. The summed E-state index contributed by atoms with van der Waals surface area (Å²) in [5.74, 6) is -1.59. The van der Waals surface area contributed by atoms with Crippen LogP contribution in [0.3, 0.4) is 0 Å². The van der Waals surface area contributed by atoms with Crippen molar-refractivity contribution in [1.29, 1.82) is 0 Å². The average Bonchev–Trinajstić information content (AvgIpc) is 2.66. The third-order valence-corrected chi connectivity index (χ3v) is 4.94. The Bertz CT molecular complexity index is 902. The fraction of sp³-hybridized carbons (Fsp3) is 0.350. The first kappa shape index (κ1) is 19.8. The lowest BCUT2D eigenvalue weighted by Gasteiger charge is -2.30. The first-order chi connectivity index (χ1) is 13.4. The third-order valence-electron chi connectivity index (χ3n) is 4.94. The molecule has 0 spiro atoms. The predicted octanol–water partition coefficient (Wildman–Crippen LogP) is 2.95. The molecule has 0 unspecified atom stereocenters. The van der Waals surface area contributed by atoms with Gasteiger partial charge >= 0.3 is 0 Å². The molecule has 1 aromatic heterocycles. The molecule has 1 aromatic carbocycles. The Kier molecular flexibility index (Phi) is 5.89. The van der Waals surface area contributed by atoms with Gasteiger partial charge in [-0.3, -0.25) is 9.59 Å². The van der Waals surface area contributed by atoms with Gasteiger partial charge in [-0.25, -0.2) is 9.37 Å². The fourth-order valence-electron chi connectivity index (χ4n) is 3.41. The summed E-state index contributed by atoms with van der Waals surface area (Å²) in [6.45, 7) is 1.44. The number of nitrogens with zero attached hydrogens (tertiary/aromatic N) is 1. The first-order valence-electron chi connectivity index (χ1n) is 9.26. The van der Waals surface area contributed by atoms with Crippen molar-refractivity contribution in [3.8, 4) is 0 Å². The molecule has 1 fully saturated rings. The van der Waals surface area contributed by atoms with Gasteiger partial charge in [0, 0.05) is 17.6 Å². The van der Waals surface area contributed by atoms with Crippen LogP contribution in [0.15, 0.2) is 30.3 Å². The van der Waals surface area contributed by atoms with E-state index in [2.05, 4.69) is 15.6 Å². The number of primary amides is 1. The zero-order valence-corrected chi connectivity index (χ0v) is 15.7. The van der Waals surface area contributed by atoms with Crippen molar-refractivity contribution in [1.82, 2.24) is 4.98 Å². The third kappa shape index (κ3) is 4.28. The summed E-state index contributed by atoms with van der Waals surface area (Å²) >= 11 is 0. The van der Waals surface area contributed by atoms with Gasteiger partial charge in [0.2, 0.25) is 0 Å². The number of nitrogens with one attached hydrogen (secondary N) is 2. The number of para-hydroxylation sites is 1. The van der Waals surface area contributed by atoms with Crippen LogP contribution in [0, 0.1) is 5.82 Å². The van der Waals surface area contributed by atoms with Gasteiger partial charge in [-0.2, -0.15) is 0 Å². The summed E-state index contributed by atoms with van der Waals surface area (Å²) in [5, 5.41) is 6.01. The minimum atomic E-state index is -0.824. The molecule has 28 heavy (non-hydrogen) atoms. The molecule has 1 aliphatic carbocycles. The molecule has 1 amide bonds. The van der Waals surface area contributed by atoms with Crippen LogP contribution < -0.4 is 22.1 Å². The molecule has 3 rings (SSSR count). The van der Waals surface area contributed by atoms with E-state index >= 15 is 0 Å². The Hall–Kier alpha value is -3.00. The van der Waals surface area contributed by atoms with Crippen LogP contribution in [0.4, 0.5) is 21.7 Å². The van der Waals surface area contributed by atoms with Gasteiger partial charge in [-0.05, 0) is 38.0 Å². The number of halogens is 1. The van der Waals surface area contributed by atoms with Gasteiger partial charge in [0.1, 0.15) is 5.82 Å². The van der Waals surface area contributed by atoms with Crippen molar-refractivity contribution >= 4 is 29.0 Å². The van der Waals surface area contributed by atoms with E-state index in [-0.39, 0.29) is 35.1 Å². The van der Waals surface area contributed by atoms with Gasteiger partial charge in [0.05, 0.1) is 11.3 Å². The van der Waals surface area contributed by atoms with E-state index in [0.717, 1.165) is 31.7 Å². The molecule has 0 bridgehead atoms. The van der Waals surface area contributed by atoms with E-state index in [0.29, 0.717) is 11.3 Å². The molecule has 7 nitrogen and oxygen atoms in total. The van der Waals surface area contributed by atoms with Gasteiger partial charge in [0.15, 0.2) is 17.4 Å². The normalized spacial score (nSPS) is 19.1. The molecule has 0 saturated heterocycles. The Morgan fingerprint density at radius 3 is 2.54 bits per heavy atom. The number of carbonyl (C=O) groups is 2. The van der Waals surface area contributed by atoms with Crippen LogP contribution in [0.2, 0.25) is 0 Å². The summed E-state index contributed by atoms with van der Waals surface area (Å²) in [6, 6.07) is 7.64. The van der Waals surface area contributed by atoms with Crippen LogP contribution in [-0.2, 0) is 0 Å². The van der Waals surface area contributed by atoms with E-state index < -0.39 is 11.7 Å². The molecule has 1 aliphatic rings. The lowest BCUT2D eigenvalue weighted by atomic mass is 9.91. The Morgan fingerprint density at radius 2 is 1.86 bits per heavy atom. The lowest BCUT2D eigenvalue weighted by Crippen LogP contribution is -2.43. The second-order valence-electron chi connectivity index (χ2n) is 7.01. The fourth-order valence-corrected chi connectivity index (χ4v) is 3.41. The second-order valence-corrected chi connectivity index (χ2v) is 7.01. The largest absolute Gasteiger partial charge is 0.365 e. The highest BCUT2D eigenvalue weighted by atomic mass is 19.1. The van der Waals surface area contributed by atoms with Gasteiger partial charge in [-0.15, -0.1) is 0 Å². The van der Waals surface area contributed by atoms with Crippen molar-refractivity contribution in [2.24, 2.45) is 11.5 Å². The molecule has 8 heteroatoms. The number of amides is 1. The number of nitrogens with two attached hydrogens (primary N) is 2. The zero-order chi connectivity index (χ0) is 20.3. The van der Waals surface area contributed by atoms with E-state index in [9.17, 15) is 14.0 Å². The summed E-state index contributed by atoms with van der Waals surface area (Å²) in [7, 11) is 0. The van der Waals surface area contributed by atoms with Crippen LogP contribution in [0.5, 0.6) is 0 Å². The number of aromatic nitrogens is 1. The molecule has 148 valence electrons. The van der Waals surface area contributed by atoms with Crippen LogP contribution >= 0.6 is 0 Å². The van der Waals surface area contributed by atoms with Crippen molar-refractivity contribution in [3.05, 3.63) is 47.3 Å².